The zero-order valence-electron chi connectivity index (χ0n) is 12.0. The molecule has 0 aliphatic heterocycles. The van der Waals surface area contributed by atoms with E-state index in [-0.39, 0.29) is 35.6 Å². The van der Waals surface area contributed by atoms with Gasteiger partial charge in [-0.2, -0.15) is 29.9 Å². The summed E-state index contributed by atoms with van der Waals surface area (Å²) in [4.78, 5) is 24.4. The third-order valence-electron chi connectivity index (χ3n) is 3.78. The van der Waals surface area contributed by atoms with Gasteiger partial charge < -0.3 is 22.9 Å². The molecule has 2 heterocycles. The molecule has 2 aromatic heterocycles. The molecule has 1 aliphatic carbocycles. The molecule has 116 valence electrons. The highest BCUT2D eigenvalue weighted by molar-refractivity contribution is 5.29. The average molecular weight is 302 g/mol. The maximum Gasteiger partial charge on any atom is 0.225 e. The molecule has 0 radical (unpaired) electrons. The predicted molar refractivity (Wildman–Crippen MR) is 81.3 cm³/mol. The normalized spacial score (nSPS) is 21.6. The predicted octanol–water partition coefficient (Wildman–Crippen LogP) is -0.173. The molecule has 0 amide bonds. The number of hydrogen-bond donors (Lipinski definition) is 4. The van der Waals surface area contributed by atoms with Gasteiger partial charge in [-0.05, 0) is 19.3 Å². The van der Waals surface area contributed by atoms with E-state index < -0.39 is 0 Å². The minimum atomic E-state index is 0.130. The van der Waals surface area contributed by atoms with Crippen molar-refractivity contribution in [3.8, 4) is 0 Å². The van der Waals surface area contributed by atoms with E-state index in [0.717, 1.165) is 25.7 Å². The van der Waals surface area contributed by atoms with Gasteiger partial charge in [-0.1, -0.05) is 6.42 Å². The summed E-state index contributed by atoms with van der Waals surface area (Å²) in [5.41, 5.74) is 22.6. The highest BCUT2D eigenvalue weighted by Gasteiger charge is 2.29. The highest BCUT2D eigenvalue weighted by atomic mass is 15.2. The van der Waals surface area contributed by atoms with E-state index in [1.807, 2.05) is 0 Å². The fourth-order valence-electron chi connectivity index (χ4n) is 2.88. The summed E-state index contributed by atoms with van der Waals surface area (Å²) in [7, 11) is 0. The second kappa shape index (κ2) is 5.54. The van der Waals surface area contributed by atoms with Crippen LogP contribution in [0.15, 0.2) is 0 Å². The van der Waals surface area contributed by atoms with Crippen molar-refractivity contribution in [1.29, 1.82) is 0 Å². The summed E-state index contributed by atoms with van der Waals surface area (Å²) in [5.74, 6) is 2.04. The molecule has 1 fully saturated rings. The Hall–Kier alpha value is -2.78. The summed E-state index contributed by atoms with van der Waals surface area (Å²) >= 11 is 0. The lowest BCUT2D eigenvalue weighted by Crippen LogP contribution is -2.19. The lowest BCUT2D eigenvalue weighted by molar-refractivity contribution is 0.372. The van der Waals surface area contributed by atoms with E-state index in [4.69, 9.17) is 22.9 Å². The quantitative estimate of drug-likeness (QED) is 0.580. The molecule has 10 nitrogen and oxygen atoms in total. The Morgan fingerprint density at radius 2 is 0.955 bits per heavy atom. The fraction of sp³-hybridized carbons (Fsp3) is 0.500. The van der Waals surface area contributed by atoms with Gasteiger partial charge in [0.1, 0.15) is 11.6 Å². The van der Waals surface area contributed by atoms with Crippen LogP contribution in [-0.2, 0) is 0 Å². The standard InChI is InChI=1S/C12H18N10/c13-9-17-7(18-10(14)21-9)5-2-1-3-6(4-5)8-19-11(15)22-12(16)20-8/h5-6H,1-4H2,(H4,13,14,17,18,21)(H4,15,16,19,20,22). The molecule has 0 saturated heterocycles. The maximum absolute atomic E-state index is 5.64. The van der Waals surface area contributed by atoms with Crippen LogP contribution in [0.4, 0.5) is 23.8 Å². The molecule has 2 unspecified atom stereocenters. The van der Waals surface area contributed by atoms with Gasteiger partial charge in [-0.25, -0.2) is 0 Å². The van der Waals surface area contributed by atoms with Crippen LogP contribution in [0, 0.1) is 0 Å². The number of nitrogen functional groups attached to an aromatic ring is 4. The van der Waals surface area contributed by atoms with Crippen molar-refractivity contribution in [2.24, 2.45) is 0 Å². The van der Waals surface area contributed by atoms with E-state index in [1.54, 1.807) is 0 Å². The summed E-state index contributed by atoms with van der Waals surface area (Å²) in [6.45, 7) is 0. The first-order valence-corrected chi connectivity index (χ1v) is 7.05. The number of anilines is 4. The lowest BCUT2D eigenvalue weighted by atomic mass is 9.80. The zero-order valence-corrected chi connectivity index (χ0v) is 12.0. The number of hydrogen-bond acceptors (Lipinski definition) is 10. The zero-order chi connectivity index (χ0) is 15.7. The molecule has 1 saturated carbocycles. The molecule has 3 rings (SSSR count). The van der Waals surface area contributed by atoms with Crippen LogP contribution in [0.3, 0.4) is 0 Å². The lowest BCUT2D eigenvalue weighted by Gasteiger charge is -2.27. The molecule has 10 heteroatoms. The van der Waals surface area contributed by atoms with Crippen molar-refractivity contribution in [3.63, 3.8) is 0 Å². The Balaban J connectivity index is 1.84. The molecule has 0 spiro atoms. The van der Waals surface area contributed by atoms with Crippen molar-refractivity contribution in [1.82, 2.24) is 29.9 Å². The Morgan fingerprint density at radius 3 is 1.32 bits per heavy atom. The van der Waals surface area contributed by atoms with E-state index >= 15 is 0 Å². The third kappa shape index (κ3) is 2.95. The van der Waals surface area contributed by atoms with Crippen LogP contribution in [0.2, 0.25) is 0 Å². The summed E-state index contributed by atoms with van der Waals surface area (Å²) < 4.78 is 0. The second-order valence-corrected chi connectivity index (χ2v) is 5.38. The SMILES string of the molecule is Nc1nc(N)nc(C2CCCC(c3nc(N)nc(N)n3)C2)n1. The summed E-state index contributed by atoms with van der Waals surface area (Å²) in [5, 5.41) is 0. The smallest absolute Gasteiger partial charge is 0.225 e. The van der Waals surface area contributed by atoms with Crippen molar-refractivity contribution in [3.05, 3.63) is 11.6 Å². The van der Waals surface area contributed by atoms with Crippen molar-refractivity contribution < 1.29 is 0 Å². The Morgan fingerprint density at radius 1 is 0.591 bits per heavy atom. The minimum absolute atomic E-state index is 0.130. The van der Waals surface area contributed by atoms with Crippen LogP contribution < -0.4 is 22.9 Å². The number of nitrogens with two attached hydrogens (primary N) is 4. The van der Waals surface area contributed by atoms with Crippen LogP contribution in [0.25, 0.3) is 0 Å². The monoisotopic (exact) mass is 302 g/mol. The fourth-order valence-corrected chi connectivity index (χ4v) is 2.88. The van der Waals surface area contributed by atoms with E-state index in [9.17, 15) is 0 Å². The van der Waals surface area contributed by atoms with Gasteiger partial charge >= 0.3 is 0 Å². The van der Waals surface area contributed by atoms with E-state index in [2.05, 4.69) is 29.9 Å². The van der Waals surface area contributed by atoms with Crippen LogP contribution in [0.5, 0.6) is 0 Å². The van der Waals surface area contributed by atoms with E-state index in [0.29, 0.717) is 11.6 Å². The average Bonchev–Trinajstić information content (AvgIpc) is 2.45. The van der Waals surface area contributed by atoms with Gasteiger partial charge in [0.15, 0.2) is 0 Å². The van der Waals surface area contributed by atoms with Gasteiger partial charge in [0.25, 0.3) is 0 Å². The molecule has 22 heavy (non-hydrogen) atoms. The topological polar surface area (TPSA) is 181 Å². The molecule has 0 bridgehead atoms. The second-order valence-electron chi connectivity index (χ2n) is 5.38. The first-order chi connectivity index (χ1) is 10.5. The van der Waals surface area contributed by atoms with Gasteiger partial charge in [0, 0.05) is 11.8 Å². The molecule has 8 N–H and O–H groups in total. The number of nitrogens with zero attached hydrogens (tertiary/aromatic N) is 6. The largest absolute Gasteiger partial charge is 0.368 e. The molecule has 2 atom stereocenters. The number of rotatable bonds is 2. The van der Waals surface area contributed by atoms with Gasteiger partial charge in [-0.15, -0.1) is 0 Å². The summed E-state index contributed by atoms with van der Waals surface area (Å²) in [6.07, 6.45) is 3.68. The molecule has 0 aromatic carbocycles. The van der Waals surface area contributed by atoms with Crippen molar-refractivity contribution >= 4 is 23.8 Å². The van der Waals surface area contributed by atoms with Crippen molar-refractivity contribution in [2.45, 2.75) is 37.5 Å². The maximum atomic E-state index is 5.64. The molecule has 2 aromatic rings. The minimum Gasteiger partial charge on any atom is -0.368 e. The van der Waals surface area contributed by atoms with Crippen LogP contribution in [0.1, 0.15) is 49.2 Å². The van der Waals surface area contributed by atoms with Gasteiger partial charge in [0.2, 0.25) is 23.8 Å². The van der Waals surface area contributed by atoms with Crippen LogP contribution in [-0.4, -0.2) is 29.9 Å². The van der Waals surface area contributed by atoms with Crippen LogP contribution >= 0.6 is 0 Å². The Labute approximate surface area is 126 Å². The van der Waals surface area contributed by atoms with E-state index in [1.165, 1.54) is 0 Å². The van der Waals surface area contributed by atoms with Crippen molar-refractivity contribution in [2.75, 3.05) is 22.9 Å². The molecule has 1 aliphatic rings. The van der Waals surface area contributed by atoms with Gasteiger partial charge in [-0.3, -0.25) is 0 Å². The number of aromatic nitrogens is 6. The first-order valence-electron chi connectivity index (χ1n) is 7.05. The first kappa shape index (κ1) is 14.2. The van der Waals surface area contributed by atoms with Gasteiger partial charge in [0.05, 0.1) is 0 Å². The Bertz CT molecular complexity index is 590. The summed E-state index contributed by atoms with van der Waals surface area (Å²) in [6, 6.07) is 0. The third-order valence-corrected chi connectivity index (χ3v) is 3.78. The Kier molecular flexibility index (Phi) is 3.57. The highest BCUT2D eigenvalue weighted by Crippen LogP contribution is 2.39. The molecular formula is C12H18N10. The molecular weight excluding hydrogens is 284 g/mol.